The molecule has 26 heavy (non-hydrogen) atoms. The maximum absolute atomic E-state index is 12.4. The van der Waals surface area contributed by atoms with Crippen LogP contribution in [0.25, 0.3) is 0 Å². The van der Waals surface area contributed by atoms with E-state index in [4.69, 9.17) is 10.00 Å². The molecule has 3 rings (SSSR count). The quantitative estimate of drug-likeness (QED) is 0.832. The van der Waals surface area contributed by atoms with Crippen molar-refractivity contribution in [3.63, 3.8) is 0 Å². The topological polar surface area (TPSA) is 108 Å². The van der Waals surface area contributed by atoms with Gasteiger partial charge >= 0.3 is 0 Å². The van der Waals surface area contributed by atoms with Gasteiger partial charge < -0.3 is 9.64 Å². The fourth-order valence-electron chi connectivity index (χ4n) is 2.57. The highest BCUT2D eigenvalue weighted by Gasteiger charge is 2.17. The van der Waals surface area contributed by atoms with Gasteiger partial charge in [0.1, 0.15) is 0 Å². The van der Waals surface area contributed by atoms with Gasteiger partial charge in [-0.1, -0.05) is 0 Å². The van der Waals surface area contributed by atoms with Crippen molar-refractivity contribution in [1.29, 1.82) is 5.26 Å². The van der Waals surface area contributed by atoms with Gasteiger partial charge in [-0.3, -0.25) is 0 Å². The zero-order chi connectivity index (χ0) is 18.6. The van der Waals surface area contributed by atoms with E-state index < -0.39 is 10.0 Å². The lowest BCUT2D eigenvalue weighted by Crippen LogP contribution is -2.37. The van der Waals surface area contributed by atoms with Gasteiger partial charge in [0.15, 0.2) is 0 Å². The van der Waals surface area contributed by atoms with Gasteiger partial charge in [-0.2, -0.15) is 5.26 Å². The Morgan fingerprint density at radius 1 is 1.23 bits per heavy atom. The Balaban J connectivity index is 1.74. The van der Waals surface area contributed by atoms with Gasteiger partial charge in [0, 0.05) is 18.8 Å². The Bertz CT molecular complexity index is 916. The molecule has 136 valence electrons. The van der Waals surface area contributed by atoms with Crippen LogP contribution in [-0.2, 0) is 21.3 Å². The van der Waals surface area contributed by atoms with E-state index in [0.717, 1.165) is 5.69 Å². The number of ether oxygens (including phenoxy) is 1. The number of aryl methyl sites for hydroxylation is 1. The SMILES string of the molecule is Cc1cc(CNS(=O)(=O)c2ccc(C#N)cc2)nc(N2CCOCC2)n1. The first-order chi connectivity index (χ1) is 12.5. The van der Waals surface area contributed by atoms with Crippen LogP contribution in [0.15, 0.2) is 35.2 Å². The Hall–Kier alpha value is -2.54. The minimum atomic E-state index is -3.69. The summed E-state index contributed by atoms with van der Waals surface area (Å²) in [4.78, 5) is 11.0. The molecule has 1 aliphatic heterocycles. The van der Waals surface area contributed by atoms with Crippen molar-refractivity contribution in [3.05, 3.63) is 47.3 Å². The molecule has 1 N–H and O–H groups in total. The van der Waals surface area contributed by atoms with Crippen LogP contribution in [0.3, 0.4) is 0 Å². The predicted octanol–water partition coefficient (Wildman–Crippen LogP) is 0.972. The number of nitrogens with one attached hydrogen (secondary N) is 1. The maximum atomic E-state index is 12.4. The van der Waals surface area contributed by atoms with E-state index in [1.165, 1.54) is 24.3 Å². The third-order valence-electron chi connectivity index (χ3n) is 3.93. The number of aromatic nitrogens is 2. The van der Waals surface area contributed by atoms with Gasteiger partial charge in [-0.05, 0) is 37.3 Å². The molecule has 0 saturated carbocycles. The highest BCUT2D eigenvalue weighted by atomic mass is 32.2. The number of sulfonamides is 1. The van der Waals surface area contributed by atoms with Crippen molar-refractivity contribution < 1.29 is 13.2 Å². The molecule has 0 bridgehead atoms. The van der Waals surface area contributed by atoms with E-state index in [2.05, 4.69) is 14.7 Å². The molecule has 1 fully saturated rings. The average molecular weight is 373 g/mol. The number of benzene rings is 1. The first-order valence-electron chi connectivity index (χ1n) is 8.15. The molecule has 9 heteroatoms. The van der Waals surface area contributed by atoms with E-state index in [0.29, 0.717) is 43.5 Å². The lowest BCUT2D eigenvalue weighted by molar-refractivity contribution is 0.122. The Morgan fingerprint density at radius 2 is 1.92 bits per heavy atom. The Kier molecular flexibility index (Phi) is 5.46. The van der Waals surface area contributed by atoms with Crippen molar-refractivity contribution in [3.8, 4) is 6.07 Å². The summed E-state index contributed by atoms with van der Waals surface area (Å²) in [5.41, 5.74) is 1.77. The highest BCUT2D eigenvalue weighted by Crippen LogP contribution is 2.14. The third kappa shape index (κ3) is 4.35. The van der Waals surface area contributed by atoms with Crippen molar-refractivity contribution in [2.24, 2.45) is 0 Å². The number of hydrogen-bond acceptors (Lipinski definition) is 7. The van der Waals surface area contributed by atoms with Crippen LogP contribution in [0.4, 0.5) is 5.95 Å². The van der Waals surface area contributed by atoms with Gasteiger partial charge in [0.05, 0.1) is 42.0 Å². The summed E-state index contributed by atoms with van der Waals surface area (Å²) in [6, 6.07) is 9.48. The van der Waals surface area contributed by atoms with Crippen LogP contribution < -0.4 is 9.62 Å². The molecule has 0 aliphatic carbocycles. The fraction of sp³-hybridized carbons (Fsp3) is 0.353. The predicted molar refractivity (Wildman–Crippen MR) is 95.0 cm³/mol. The van der Waals surface area contributed by atoms with E-state index in [1.54, 1.807) is 6.07 Å². The Labute approximate surface area is 152 Å². The second kappa shape index (κ2) is 7.78. The lowest BCUT2D eigenvalue weighted by Gasteiger charge is -2.27. The van der Waals surface area contributed by atoms with Crippen molar-refractivity contribution in [2.75, 3.05) is 31.2 Å². The molecule has 8 nitrogen and oxygen atoms in total. The molecular weight excluding hydrogens is 354 g/mol. The minimum absolute atomic E-state index is 0.0586. The average Bonchev–Trinajstić information content (AvgIpc) is 2.67. The van der Waals surface area contributed by atoms with Crippen LogP contribution in [0.1, 0.15) is 17.0 Å². The van der Waals surface area contributed by atoms with Crippen LogP contribution in [0.5, 0.6) is 0 Å². The van der Waals surface area contributed by atoms with Crippen molar-refractivity contribution in [1.82, 2.24) is 14.7 Å². The minimum Gasteiger partial charge on any atom is -0.378 e. The largest absolute Gasteiger partial charge is 0.378 e. The summed E-state index contributed by atoms with van der Waals surface area (Å²) in [6.45, 7) is 4.57. The first-order valence-corrected chi connectivity index (χ1v) is 9.63. The van der Waals surface area contributed by atoms with E-state index >= 15 is 0 Å². The summed E-state index contributed by atoms with van der Waals surface area (Å²) >= 11 is 0. The second-order valence-electron chi connectivity index (χ2n) is 5.86. The monoisotopic (exact) mass is 373 g/mol. The number of morpholine rings is 1. The Morgan fingerprint density at radius 3 is 2.58 bits per heavy atom. The third-order valence-corrected chi connectivity index (χ3v) is 5.34. The molecular formula is C17H19N5O3S. The van der Waals surface area contributed by atoms with Crippen molar-refractivity contribution in [2.45, 2.75) is 18.4 Å². The standard InChI is InChI=1S/C17H19N5O3S/c1-13-10-15(21-17(20-13)22-6-8-25-9-7-22)12-19-26(23,24)16-4-2-14(11-18)3-5-16/h2-5,10,19H,6-9,12H2,1H3. The van der Waals surface area contributed by atoms with Crippen LogP contribution in [-0.4, -0.2) is 44.7 Å². The summed E-state index contributed by atoms with van der Waals surface area (Å²) in [5.74, 6) is 0.584. The smallest absolute Gasteiger partial charge is 0.240 e. The molecule has 1 saturated heterocycles. The molecule has 2 aromatic rings. The fourth-order valence-corrected chi connectivity index (χ4v) is 3.57. The van der Waals surface area contributed by atoms with Crippen LogP contribution >= 0.6 is 0 Å². The number of anilines is 1. The van der Waals surface area contributed by atoms with Gasteiger partial charge in [0.2, 0.25) is 16.0 Å². The van der Waals surface area contributed by atoms with Crippen LogP contribution in [0.2, 0.25) is 0 Å². The number of rotatable bonds is 5. The zero-order valence-corrected chi connectivity index (χ0v) is 15.2. The normalized spacial score (nSPS) is 14.8. The molecule has 1 aromatic carbocycles. The zero-order valence-electron chi connectivity index (χ0n) is 14.3. The van der Waals surface area contributed by atoms with Gasteiger partial charge in [-0.25, -0.2) is 23.1 Å². The van der Waals surface area contributed by atoms with Gasteiger partial charge in [0.25, 0.3) is 0 Å². The van der Waals surface area contributed by atoms with E-state index in [9.17, 15) is 8.42 Å². The number of nitriles is 1. The summed E-state index contributed by atoms with van der Waals surface area (Å²) in [7, 11) is -3.69. The molecule has 0 radical (unpaired) electrons. The molecule has 0 atom stereocenters. The lowest BCUT2D eigenvalue weighted by atomic mass is 10.2. The molecule has 1 aromatic heterocycles. The first kappa shape index (κ1) is 18.3. The number of hydrogen-bond donors (Lipinski definition) is 1. The summed E-state index contributed by atoms with van der Waals surface area (Å²) < 4.78 is 32.7. The van der Waals surface area contributed by atoms with E-state index in [-0.39, 0.29) is 11.4 Å². The number of nitrogens with zero attached hydrogens (tertiary/aromatic N) is 4. The molecule has 0 amide bonds. The van der Waals surface area contributed by atoms with Gasteiger partial charge in [-0.15, -0.1) is 0 Å². The molecule has 1 aliphatic rings. The van der Waals surface area contributed by atoms with Crippen LogP contribution in [0, 0.1) is 18.3 Å². The van der Waals surface area contributed by atoms with E-state index in [1.807, 2.05) is 17.9 Å². The summed E-state index contributed by atoms with van der Waals surface area (Å²) in [5, 5.41) is 8.80. The summed E-state index contributed by atoms with van der Waals surface area (Å²) in [6.07, 6.45) is 0. The molecule has 0 unspecified atom stereocenters. The molecule has 0 spiro atoms. The highest BCUT2D eigenvalue weighted by molar-refractivity contribution is 7.89. The second-order valence-corrected chi connectivity index (χ2v) is 7.63. The molecule has 2 heterocycles. The maximum Gasteiger partial charge on any atom is 0.240 e. The van der Waals surface area contributed by atoms with Crippen molar-refractivity contribution >= 4 is 16.0 Å².